The molecule has 0 spiro atoms. The highest BCUT2D eigenvalue weighted by Gasteiger charge is 2.30. The van der Waals surface area contributed by atoms with Crippen molar-refractivity contribution >= 4 is 0 Å². The van der Waals surface area contributed by atoms with Gasteiger partial charge in [0.1, 0.15) is 0 Å². The SMILES string of the molecule is CN(Cc1ccc(C(F)(F)F)cc1)C1CCC1. The van der Waals surface area contributed by atoms with Gasteiger partial charge in [0.15, 0.2) is 0 Å². The molecule has 1 saturated carbocycles. The van der Waals surface area contributed by atoms with Gasteiger partial charge < -0.3 is 0 Å². The predicted octanol–water partition coefficient (Wildman–Crippen LogP) is 3.69. The first-order valence-electron chi connectivity index (χ1n) is 5.83. The molecule has 1 aliphatic rings. The van der Waals surface area contributed by atoms with E-state index in [2.05, 4.69) is 4.90 Å². The van der Waals surface area contributed by atoms with Crippen LogP contribution in [-0.2, 0) is 12.7 Å². The zero-order chi connectivity index (χ0) is 12.5. The number of nitrogens with zero attached hydrogens (tertiary/aromatic N) is 1. The lowest BCUT2D eigenvalue weighted by atomic mass is 9.91. The van der Waals surface area contributed by atoms with Crippen molar-refractivity contribution in [3.05, 3.63) is 35.4 Å². The smallest absolute Gasteiger partial charge is 0.299 e. The van der Waals surface area contributed by atoms with Crippen LogP contribution >= 0.6 is 0 Å². The topological polar surface area (TPSA) is 3.24 Å². The normalized spacial score (nSPS) is 17.2. The molecule has 0 N–H and O–H groups in total. The standard InChI is InChI=1S/C13H16F3N/c1-17(12-3-2-4-12)9-10-5-7-11(8-6-10)13(14,15)16/h5-8,12H,2-4,9H2,1H3. The zero-order valence-corrected chi connectivity index (χ0v) is 9.80. The van der Waals surface area contributed by atoms with Crippen molar-refractivity contribution in [2.75, 3.05) is 7.05 Å². The average molecular weight is 243 g/mol. The minimum Gasteiger partial charge on any atom is -0.299 e. The molecule has 1 fully saturated rings. The van der Waals surface area contributed by atoms with Crippen LogP contribution in [0.25, 0.3) is 0 Å². The minimum atomic E-state index is -4.24. The number of hydrogen-bond acceptors (Lipinski definition) is 1. The Kier molecular flexibility index (Phi) is 3.43. The molecule has 2 rings (SSSR count). The fourth-order valence-corrected chi connectivity index (χ4v) is 2.04. The molecular weight excluding hydrogens is 227 g/mol. The third kappa shape index (κ3) is 3.00. The highest BCUT2D eigenvalue weighted by molar-refractivity contribution is 5.24. The minimum absolute atomic E-state index is 0.576. The molecule has 0 heterocycles. The van der Waals surface area contributed by atoms with E-state index in [0.29, 0.717) is 6.04 Å². The monoisotopic (exact) mass is 243 g/mol. The van der Waals surface area contributed by atoms with Gasteiger partial charge >= 0.3 is 6.18 Å². The molecule has 94 valence electrons. The highest BCUT2D eigenvalue weighted by Crippen LogP contribution is 2.30. The van der Waals surface area contributed by atoms with E-state index in [-0.39, 0.29) is 0 Å². The van der Waals surface area contributed by atoms with Gasteiger partial charge in [-0.05, 0) is 37.6 Å². The van der Waals surface area contributed by atoms with Gasteiger partial charge in [0.25, 0.3) is 0 Å². The molecule has 0 bridgehead atoms. The number of hydrogen-bond donors (Lipinski definition) is 0. The highest BCUT2D eigenvalue weighted by atomic mass is 19.4. The lowest BCUT2D eigenvalue weighted by Gasteiger charge is -2.34. The Balaban J connectivity index is 1.98. The predicted molar refractivity (Wildman–Crippen MR) is 60.6 cm³/mol. The van der Waals surface area contributed by atoms with E-state index >= 15 is 0 Å². The zero-order valence-electron chi connectivity index (χ0n) is 9.80. The van der Waals surface area contributed by atoms with Crippen LogP contribution in [0.15, 0.2) is 24.3 Å². The summed E-state index contributed by atoms with van der Waals surface area (Å²) in [5.74, 6) is 0. The summed E-state index contributed by atoms with van der Waals surface area (Å²) in [6, 6.07) is 6.06. The number of benzene rings is 1. The Morgan fingerprint density at radius 2 is 1.76 bits per heavy atom. The summed E-state index contributed by atoms with van der Waals surface area (Å²) in [6.07, 6.45) is -0.561. The number of halogens is 3. The van der Waals surface area contributed by atoms with Crippen LogP contribution in [0, 0.1) is 0 Å². The molecule has 0 aliphatic heterocycles. The van der Waals surface area contributed by atoms with Crippen LogP contribution in [0.1, 0.15) is 30.4 Å². The van der Waals surface area contributed by atoms with E-state index in [1.54, 1.807) is 12.1 Å². The maximum Gasteiger partial charge on any atom is 0.416 e. The van der Waals surface area contributed by atoms with Crippen molar-refractivity contribution < 1.29 is 13.2 Å². The van der Waals surface area contributed by atoms with Gasteiger partial charge in [0.05, 0.1) is 5.56 Å². The van der Waals surface area contributed by atoms with E-state index in [4.69, 9.17) is 0 Å². The molecule has 1 aromatic carbocycles. The fraction of sp³-hybridized carbons (Fsp3) is 0.538. The van der Waals surface area contributed by atoms with E-state index in [0.717, 1.165) is 24.2 Å². The summed E-state index contributed by atoms with van der Waals surface area (Å²) in [6.45, 7) is 0.725. The molecule has 0 amide bonds. The Labute approximate surface area is 99.2 Å². The summed E-state index contributed by atoms with van der Waals surface area (Å²) in [5.41, 5.74) is 0.361. The van der Waals surface area contributed by atoms with Crippen LogP contribution in [0.3, 0.4) is 0 Å². The van der Waals surface area contributed by atoms with Gasteiger partial charge in [-0.3, -0.25) is 4.90 Å². The first kappa shape index (κ1) is 12.4. The second kappa shape index (κ2) is 4.69. The molecular formula is C13H16F3N. The number of rotatable bonds is 3. The molecule has 0 unspecified atom stereocenters. The summed E-state index contributed by atoms with van der Waals surface area (Å²) >= 11 is 0. The van der Waals surface area contributed by atoms with E-state index < -0.39 is 11.7 Å². The van der Waals surface area contributed by atoms with Crippen molar-refractivity contribution in [1.82, 2.24) is 4.90 Å². The fourth-order valence-electron chi connectivity index (χ4n) is 2.04. The van der Waals surface area contributed by atoms with Crippen LogP contribution in [0.5, 0.6) is 0 Å². The Morgan fingerprint density at radius 1 is 1.18 bits per heavy atom. The van der Waals surface area contributed by atoms with Crippen molar-refractivity contribution in [2.45, 2.75) is 38.0 Å². The van der Waals surface area contributed by atoms with Gasteiger partial charge in [0.2, 0.25) is 0 Å². The first-order valence-corrected chi connectivity index (χ1v) is 5.83. The molecule has 4 heteroatoms. The van der Waals surface area contributed by atoms with Crippen LogP contribution in [-0.4, -0.2) is 18.0 Å². The maximum atomic E-state index is 12.4. The van der Waals surface area contributed by atoms with Crippen molar-refractivity contribution in [3.8, 4) is 0 Å². The molecule has 1 aromatic rings. The third-order valence-corrected chi connectivity index (χ3v) is 3.41. The van der Waals surface area contributed by atoms with Crippen molar-refractivity contribution in [1.29, 1.82) is 0 Å². The van der Waals surface area contributed by atoms with E-state index in [1.807, 2.05) is 7.05 Å². The average Bonchev–Trinajstić information content (AvgIpc) is 2.13. The Hall–Kier alpha value is -1.03. The second-order valence-corrected chi connectivity index (χ2v) is 4.69. The Bertz CT molecular complexity index is 365. The molecule has 0 aromatic heterocycles. The van der Waals surface area contributed by atoms with Crippen LogP contribution in [0.4, 0.5) is 13.2 Å². The van der Waals surface area contributed by atoms with E-state index in [1.165, 1.54) is 19.3 Å². The molecule has 1 aliphatic carbocycles. The van der Waals surface area contributed by atoms with Crippen LogP contribution in [0.2, 0.25) is 0 Å². The van der Waals surface area contributed by atoms with E-state index in [9.17, 15) is 13.2 Å². The summed E-state index contributed by atoms with van der Waals surface area (Å²) in [4.78, 5) is 2.21. The van der Waals surface area contributed by atoms with Gasteiger partial charge in [-0.25, -0.2) is 0 Å². The van der Waals surface area contributed by atoms with Gasteiger partial charge in [-0.15, -0.1) is 0 Å². The molecule has 0 atom stereocenters. The number of alkyl halides is 3. The molecule has 0 radical (unpaired) electrons. The molecule has 0 saturated heterocycles. The largest absolute Gasteiger partial charge is 0.416 e. The lowest BCUT2D eigenvalue weighted by Crippen LogP contribution is -2.36. The summed E-state index contributed by atoms with van der Waals surface area (Å²) in [5, 5.41) is 0. The van der Waals surface area contributed by atoms with Gasteiger partial charge in [-0.2, -0.15) is 13.2 Å². The van der Waals surface area contributed by atoms with Gasteiger partial charge in [0, 0.05) is 12.6 Å². The maximum absolute atomic E-state index is 12.4. The van der Waals surface area contributed by atoms with Gasteiger partial charge in [-0.1, -0.05) is 18.6 Å². The Morgan fingerprint density at radius 3 is 2.18 bits per heavy atom. The van der Waals surface area contributed by atoms with Crippen LogP contribution < -0.4 is 0 Å². The quantitative estimate of drug-likeness (QED) is 0.782. The second-order valence-electron chi connectivity index (χ2n) is 4.69. The first-order chi connectivity index (χ1) is 7.97. The third-order valence-electron chi connectivity index (χ3n) is 3.41. The summed E-state index contributed by atoms with van der Waals surface area (Å²) in [7, 11) is 2.03. The molecule has 17 heavy (non-hydrogen) atoms. The lowest BCUT2D eigenvalue weighted by molar-refractivity contribution is -0.137. The summed E-state index contributed by atoms with van der Waals surface area (Å²) < 4.78 is 37.1. The van der Waals surface area contributed by atoms with Crippen molar-refractivity contribution in [2.24, 2.45) is 0 Å². The van der Waals surface area contributed by atoms with Crippen molar-refractivity contribution in [3.63, 3.8) is 0 Å². The molecule has 1 nitrogen and oxygen atoms in total.